The molecule has 2 heterocycles. The second-order valence-corrected chi connectivity index (χ2v) is 5.51. The molecule has 16 heavy (non-hydrogen) atoms. The van der Waals surface area contributed by atoms with Crippen LogP contribution in [0.5, 0.6) is 5.88 Å². The Morgan fingerprint density at radius 3 is 2.94 bits per heavy atom. The van der Waals surface area contributed by atoms with Gasteiger partial charge in [-0.1, -0.05) is 15.9 Å². The van der Waals surface area contributed by atoms with Crippen LogP contribution in [0.15, 0.2) is 12.4 Å². The van der Waals surface area contributed by atoms with Crippen LogP contribution in [0.4, 0.5) is 5.82 Å². The van der Waals surface area contributed by atoms with Crippen molar-refractivity contribution in [3.05, 3.63) is 12.4 Å². The molecule has 0 N–H and O–H groups in total. The van der Waals surface area contributed by atoms with Gasteiger partial charge in [0.05, 0.1) is 6.10 Å². The summed E-state index contributed by atoms with van der Waals surface area (Å²) in [5.74, 6) is 1.60. The zero-order valence-corrected chi connectivity index (χ0v) is 11.1. The molecule has 1 aliphatic rings. The lowest BCUT2D eigenvalue weighted by molar-refractivity contribution is 0.232. The number of ether oxygens (including phenoxy) is 1. The molecule has 0 aromatic carbocycles. The standard InChI is InChI=1S/C11H16BrN3O/c1-8(2)16-11-5-10(13-7-14-11)15-4-3-9(12)6-15/h5,7-9H,3-4,6H2,1-2H3. The molecule has 2 rings (SSSR count). The van der Waals surface area contributed by atoms with E-state index in [4.69, 9.17) is 4.74 Å². The summed E-state index contributed by atoms with van der Waals surface area (Å²) in [5, 5.41) is 0. The molecule has 0 bridgehead atoms. The van der Waals surface area contributed by atoms with E-state index in [9.17, 15) is 0 Å². The molecule has 0 aliphatic carbocycles. The molecule has 5 heteroatoms. The third-order valence-electron chi connectivity index (χ3n) is 2.44. The molecule has 0 radical (unpaired) electrons. The number of nitrogens with zero attached hydrogens (tertiary/aromatic N) is 3. The Morgan fingerprint density at radius 2 is 2.31 bits per heavy atom. The average Bonchev–Trinajstić information content (AvgIpc) is 2.64. The summed E-state index contributed by atoms with van der Waals surface area (Å²) < 4.78 is 5.55. The van der Waals surface area contributed by atoms with Crippen LogP contribution >= 0.6 is 15.9 Å². The molecule has 88 valence electrons. The molecular weight excluding hydrogens is 270 g/mol. The van der Waals surface area contributed by atoms with Crippen LogP contribution in [0.1, 0.15) is 20.3 Å². The molecular formula is C11H16BrN3O. The van der Waals surface area contributed by atoms with Crippen molar-refractivity contribution >= 4 is 21.7 Å². The average molecular weight is 286 g/mol. The van der Waals surface area contributed by atoms with E-state index >= 15 is 0 Å². The van der Waals surface area contributed by atoms with E-state index in [1.54, 1.807) is 6.33 Å². The van der Waals surface area contributed by atoms with Gasteiger partial charge in [0.1, 0.15) is 12.1 Å². The third-order valence-corrected chi connectivity index (χ3v) is 3.19. The molecule has 4 nitrogen and oxygen atoms in total. The minimum atomic E-state index is 0.144. The fourth-order valence-corrected chi connectivity index (χ4v) is 2.29. The largest absolute Gasteiger partial charge is 0.475 e. The summed E-state index contributed by atoms with van der Waals surface area (Å²) >= 11 is 3.62. The lowest BCUT2D eigenvalue weighted by Gasteiger charge is -2.17. The van der Waals surface area contributed by atoms with E-state index in [1.807, 2.05) is 19.9 Å². The molecule has 1 aliphatic heterocycles. The summed E-state index contributed by atoms with van der Waals surface area (Å²) in [6, 6.07) is 1.91. The first-order chi connectivity index (χ1) is 7.65. The van der Waals surface area contributed by atoms with Crippen molar-refractivity contribution in [2.75, 3.05) is 18.0 Å². The first kappa shape index (κ1) is 11.6. The van der Waals surface area contributed by atoms with Gasteiger partial charge in [-0.25, -0.2) is 9.97 Å². The van der Waals surface area contributed by atoms with Crippen molar-refractivity contribution in [3.63, 3.8) is 0 Å². The van der Waals surface area contributed by atoms with E-state index in [0.29, 0.717) is 10.7 Å². The van der Waals surface area contributed by atoms with Crippen molar-refractivity contribution in [2.24, 2.45) is 0 Å². The SMILES string of the molecule is CC(C)Oc1cc(N2CCC(Br)C2)ncn1. The van der Waals surface area contributed by atoms with Crippen LogP contribution in [0, 0.1) is 0 Å². The molecule has 1 saturated heterocycles. The van der Waals surface area contributed by atoms with Gasteiger partial charge in [-0.3, -0.25) is 0 Å². The van der Waals surface area contributed by atoms with E-state index in [-0.39, 0.29) is 6.10 Å². The Morgan fingerprint density at radius 1 is 1.50 bits per heavy atom. The highest BCUT2D eigenvalue weighted by molar-refractivity contribution is 9.09. The molecule has 1 aromatic heterocycles. The van der Waals surface area contributed by atoms with Gasteiger partial charge in [-0.15, -0.1) is 0 Å². The van der Waals surface area contributed by atoms with Crippen molar-refractivity contribution in [2.45, 2.75) is 31.2 Å². The van der Waals surface area contributed by atoms with Gasteiger partial charge in [0.2, 0.25) is 5.88 Å². The quantitative estimate of drug-likeness (QED) is 0.799. The van der Waals surface area contributed by atoms with Crippen LogP contribution in [0.25, 0.3) is 0 Å². The molecule has 0 spiro atoms. The minimum absolute atomic E-state index is 0.144. The number of aromatic nitrogens is 2. The second-order valence-electron chi connectivity index (χ2n) is 4.21. The predicted octanol–water partition coefficient (Wildman–Crippen LogP) is 2.24. The first-order valence-corrected chi connectivity index (χ1v) is 6.44. The Labute approximate surface area is 104 Å². The van der Waals surface area contributed by atoms with Crippen molar-refractivity contribution < 1.29 is 4.74 Å². The molecule has 1 atom stereocenters. The number of halogens is 1. The summed E-state index contributed by atoms with van der Waals surface area (Å²) in [6.07, 6.45) is 2.86. The lowest BCUT2D eigenvalue weighted by Crippen LogP contribution is -2.21. The highest BCUT2D eigenvalue weighted by atomic mass is 79.9. The highest BCUT2D eigenvalue weighted by Gasteiger charge is 2.21. The van der Waals surface area contributed by atoms with E-state index in [0.717, 1.165) is 25.3 Å². The summed E-state index contributed by atoms with van der Waals surface area (Å²) in [6.45, 7) is 6.02. The maximum absolute atomic E-state index is 5.55. The topological polar surface area (TPSA) is 38.2 Å². The van der Waals surface area contributed by atoms with Gasteiger partial charge < -0.3 is 9.64 Å². The number of alkyl halides is 1. The van der Waals surface area contributed by atoms with Gasteiger partial charge in [0.25, 0.3) is 0 Å². The normalized spacial score (nSPS) is 20.5. The molecule has 0 amide bonds. The molecule has 1 unspecified atom stereocenters. The maximum Gasteiger partial charge on any atom is 0.218 e. The highest BCUT2D eigenvalue weighted by Crippen LogP contribution is 2.24. The van der Waals surface area contributed by atoms with Crippen LogP contribution in [-0.2, 0) is 0 Å². The number of hydrogen-bond acceptors (Lipinski definition) is 4. The number of rotatable bonds is 3. The van der Waals surface area contributed by atoms with Crippen LogP contribution in [-0.4, -0.2) is 34.0 Å². The van der Waals surface area contributed by atoms with Crippen molar-refractivity contribution in [3.8, 4) is 5.88 Å². The monoisotopic (exact) mass is 285 g/mol. The Hall–Kier alpha value is -0.840. The van der Waals surface area contributed by atoms with Crippen molar-refractivity contribution in [1.29, 1.82) is 0 Å². The Balaban J connectivity index is 2.09. The van der Waals surface area contributed by atoms with Crippen LogP contribution in [0.3, 0.4) is 0 Å². The molecule has 1 aromatic rings. The van der Waals surface area contributed by atoms with Gasteiger partial charge in [-0.2, -0.15) is 0 Å². The fraction of sp³-hybridized carbons (Fsp3) is 0.636. The van der Waals surface area contributed by atoms with E-state index in [2.05, 4.69) is 30.8 Å². The maximum atomic E-state index is 5.55. The first-order valence-electron chi connectivity index (χ1n) is 5.53. The summed E-state index contributed by atoms with van der Waals surface area (Å²) in [4.78, 5) is 11.2. The van der Waals surface area contributed by atoms with Crippen molar-refractivity contribution in [1.82, 2.24) is 9.97 Å². The predicted molar refractivity (Wildman–Crippen MR) is 67.3 cm³/mol. The van der Waals surface area contributed by atoms with E-state index < -0.39 is 0 Å². The second kappa shape index (κ2) is 4.99. The Bertz CT molecular complexity index is 359. The van der Waals surface area contributed by atoms with Gasteiger partial charge >= 0.3 is 0 Å². The van der Waals surface area contributed by atoms with Gasteiger partial charge in [-0.05, 0) is 20.3 Å². The minimum Gasteiger partial charge on any atom is -0.475 e. The van der Waals surface area contributed by atoms with Crippen LogP contribution < -0.4 is 9.64 Å². The smallest absolute Gasteiger partial charge is 0.218 e. The molecule has 1 fully saturated rings. The fourth-order valence-electron chi connectivity index (χ4n) is 1.73. The van der Waals surface area contributed by atoms with Gasteiger partial charge in [0, 0.05) is 24.0 Å². The molecule has 0 saturated carbocycles. The van der Waals surface area contributed by atoms with Crippen LogP contribution in [0.2, 0.25) is 0 Å². The summed E-state index contributed by atoms with van der Waals surface area (Å²) in [7, 11) is 0. The number of hydrogen-bond donors (Lipinski definition) is 0. The Kier molecular flexibility index (Phi) is 3.63. The zero-order chi connectivity index (χ0) is 11.5. The van der Waals surface area contributed by atoms with E-state index in [1.165, 1.54) is 0 Å². The number of anilines is 1. The summed E-state index contributed by atoms with van der Waals surface area (Å²) in [5.41, 5.74) is 0. The zero-order valence-electron chi connectivity index (χ0n) is 9.56. The third kappa shape index (κ3) is 2.84. The van der Waals surface area contributed by atoms with Gasteiger partial charge in [0.15, 0.2) is 0 Å². The lowest BCUT2D eigenvalue weighted by atomic mass is 10.4.